The molecular weight excluding hydrogens is 304 g/mol. The van der Waals surface area contributed by atoms with Crippen LogP contribution < -0.4 is 5.32 Å². The Morgan fingerprint density at radius 3 is 2.44 bits per heavy atom. The second-order valence-corrected chi connectivity index (χ2v) is 5.73. The third-order valence-electron chi connectivity index (χ3n) is 3.36. The van der Waals surface area contributed by atoms with E-state index in [1.807, 2.05) is 12.1 Å². The molecule has 2 N–H and O–H groups in total. The van der Waals surface area contributed by atoms with Crippen molar-refractivity contribution in [3.63, 3.8) is 0 Å². The van der Waals surface area contributed by atoms with Crippen molar-refractivity contribution in [3.8, 4) is 0 Å². The average molecular weight is 320 g/mol. The lowest BCUT2D eigenvalue weighted by molar-refractivity contribution is -0.0512. The zero-order chi connectivity index (χ0) is 13.2. The lowest BCUT2D eigenvalue weighted by Gasteiger charge is -2.37. The summed E-state index contributed by atoms with van der Waals surface area (Å²) in [6, 6.07) is 8.25. The molecule has 5 heteroatoms. The Labute approximate surface area is 114 Å². The van der Waals surface area contributed by atoms with Crippen LogP contribution in [-0.2, 0) is 0 Å². The molecule has 0 heterocycles. The lowest BCUT2D eigenvalue weighted by Crippen LogP contribution is -2.46. The number of hydrogen-bond donors (Lipinski definition) is 2. The van der Waals surface area contributed by atoms with Crippen LogP contribution >= 0.6 is 15.9 Å². The number of alkyl halides is 2. The number of rotatable bonds is 5. The molecule has 18 heavy (non-hydrogen) atoms. The SMILES string of the molecule is OCC(F)(F)CNC1CC(c2ccc(Br)cc2)C1. The van der Waals surface area contributed by atoms with Gasteiger partial charge in [0.05, 0.1) is 6.54 Å². The van der Waals surface area contributed by atoms with E-state index >= 15 is 0 Å². The molecule has 0 spiro atoms. The van der Waals surface area contributed by atoms with Crippen LogP contribution in [0, 0.1) is 0 Å². The fraction of sp³-hybridized carbons (Fsp3) is 0.538. The average Bonchev–Trinajstić information content (AvgIpc) is 2.29. The summed E-state index contributed by atoms with van der Waals surface area (Å²) < 4.78 is 26.7. The standard InChI is InChI=1S/C13H16BrF2NO/c14-11-3-1-9(2-4-11)10-5-12(6-10)17-7-13(15,16)8-18/h1-4,10,12,17-18H,5-8H2. The Hall–Kier alpha value is -0.520. The molecule has 0 aromatic heterocycles. The topological polar surface area (TPSA) is 32.3 Å². The van der Waals surface area contributed by atoms with E-state index in [1.54, 1.807) is 0 Å². The van der Waals surface area contributed by atoms with Crippen molar-refractivity contribution >= 4 is 15.9 Å². The molecular formula is C13H16BrF2NO. The number of aliphatic hydroxyl groups is 1. The highest BCUT2D eigenvalue weighted by Crippen LogP contribution is 2.37. The van der Waals surface area contributed by atoms with Gasteiger partial charge in [0, 0.05) is 10.5 Å². The van der Waals surface area contributed by atoms with Crippen LogP contribution in [0.2, 0.25) is 0 Å². The molecule has 1 aromatic rings. The van der Waals surface area contributed by atoms with Gasteiger partial charge in [-0.1, -0.05) is 28.1 Å². The zero-order valence-corrected chi connectivity index (χ0v) is 11.5. The van der Waals surface area contributed by atoms with Gasteiger partial charge < -0.3 is 10.4 Å². The van der Waals surface area contributed by atoms with E-state index in [2.05, 4.69) is 33.4 Å². The van der Waals surface area contributed by atoms with Crippen LogP contribution in [0.4, 0.5) is 8.78 Å². The maximum Gasteiger partial charge on any atom is 0.282 e. The number of hydrogen-bond acceptors (Lipinski definition) is 2. The molecule has 0 saturated heterocycles. The van der Waals surface area contributed by atoms with Crippen molar-refractivity contribution in [2.24, 2.45) is 0 Å². The van der Waals surface area contributed by atoms with E-state index in [0.29, 0.717) is 5.92 Å². The van der Waals surface area contributed by atoms with Gasteiger partial charge in [-0.05, 0) is 36.5 Å². The number of aliphatic hydroxyl groups excluding tert-OH is 1. The first-order chi connectivity index (χ1) is 8.50. The number of benzene rings is 1. The predicted octanol–water partition coefficient (Wildman–Crippen LogP) is 2.91. The normalized spacial score (nSPS) is 23.8. The van der Waals surface area contributed by atoms with Gasteiger partial charge in [-0.15, -0.1) is 0 Å². The summed E-state index contributed by atoms with van der Waals surface area (Å²) in [4.78, 5) is 0. The number of nitrogens with one attached hydrogen (secondary N) is 1. The van der Waals surface area contributed by atoms with E-state index in [-0.39, 0.29) is 6.04 Å². The fourth-order valence-electron chi connectivity index (χ4n) is 2.14. The third kappa shape index (κ3) is 3.49. The molecule has 2 nitrogen and oxygen atoms in total. The molecule has 0 atom stereocenters. The summed E-state index contributed by atoms with van der Waals surface area (Å²) >= 11 is 3.38. The first kappa shape index (κ1) is 13.9. The van der Waals surface area contributed by atoms with Crippen LogP contribution in [0.5, 0.6) is 0 Å². The zero-order valence-electron chi connectivity index (χ0n) is 9.87. The Bertz CT molecular complexity index is 390. The molecule has 2 rings (SSSR count). The van der Waals surface area contributed by atoms with Gasteiger partial charge in [-0.25, -0.2) is 8.78 Å². The third-order valence-corrected chi connectivity index (χ3v) is 3.89. The summed E-state index contributed by atoms with van der Waals surface area (Å²) in [5.41, 5.74) is 1.25. The van der Waals surface area contributed by atoms with E-state index in [0.717, 1.165) is 17.3 Å². The molecule has 1 aromatic carbocycles. The highest BCUT2D eigenvalue weighted by atomic mass is 79.9. The van der Waals surface area contributed by atoms with Gasteiger partial charge in [0.15, 0.2) is 0 Å². The van der Waals surface area contributed by atoms with E-state index < -0.39 is 19.1 Å². The van der Waals surface area contributed by atoms with E-state index in [4.69, 9.17) is 5.11 Å². The summed E-state index contributed by atoms with van der Waals surface area (Å²) in [6.45, 7) is -1.54. The minimum absolute atomic E-state index is 0.135. The summed E-state index contributed by atoms with van der Waals surface area (Å²) in [5.74, 6) is -2.55. The van der Waals surface area contributed by atoms with E-state index in [9.17, 15) is 8.78 Å². The smallest absolute Gasteiger partial charge is 0.282 e. The minimum atomic E-state index is -3.01. The second-order valence-electron chi connectivity index (χ2n) is 4.81. The van der Waals surface area contributed by atoms with Crippen LogP contribution in [0.3, 0.4) is 0 Å². The maximum atomic E-state index is 12.8. The van der Waals surface area contributed by atoms with Crippen molar-refractivity contribution < 1.29 is 13.9 Å². The Balaban J connectivity index is 1.75. The fourth-order valence-corrected chi connectivity index (χ4v) is 2.41. The molecule has 0 aliphatic heterocycles. The van der Waals surface area contributed by atoms with Gasteiger partial charge >= 0.3 is 0 Å². The predicted molar refractivity (Wildman–Crippen MR) is 69.9 cm³/mol. The molecule has 0 unspecified atom stereocenters. The molecule has 100 valence electrons. The Morgan fingerprint density at radius 1 is 1.28 bits per heavy atom. The highest BCUT2D eigenvalue weighted by Gasteiger charge is 2.34. The van der Waals surface area contributed by atoms with Crippen LogP contribution in [-0.4, -0.2) is 30.2 Å². The second kappa shape index (κ2) is 5.63. The van der Waals surface area contributed by atoms with E-state index in [1.165, 1.54) is 5.56 Å². The van der Waals surface area contributed by atoms with Gasteiger partial charge in [0.2, 0.25) is 0 Å². The lowest BCUT2D eigenvalue weighted by atomic mass is 9.76. The quantitative estimate of drug-likeness (QED) is 0.874. The molecule has 1 aliphatic carbocycles. The van der Waals surface area contributed by atoms with Gasteiger partial charge in [0.1, 0.15) is 6.61 Å². The van der Waals surface area contributed by atoms with Crippen LogP contribution in [0.1, 0.15) is 24.3 Å². The van der Waals surface area contributed by atoms with Gasteiger partial charge in [0.25, 0.3) is 5.92 Å². The maximum absolute atomic E-state index is 12.8. The molecule has 1 fully saturated rings. The van der Waals surface area contributed by atoms with Crippen LogP contribution in [0.15, 0.2) is 28.7 Å². The van der Waals surface area contributed by atoms with Gasteiger partial charge in [-0.2, -0.15) is 0 Å². The molecule has 1 aliphatic rings. The number of halogens is 3. The summed E-state index contributed by atoms with van der Waals surface area (Å²) in [6.07, 6.45) is 1.76. The highest BCUT2D eigenvalue weighted by molar-refractivity contribution is 9.10. The summed E-state index contributed by atoms with van der Waals surface area (Å²) in [7, 11) is 0. The first-order valence-corrected chi connectivity index (χ1v) is 6.77. The van der Waals surface area contributed by atoms with Gasteiger partial charge in [-0.3, -0.25) is 0 Å². The van der Waals surface area contributed by atoms with Crippen molar-refractivity contribution in [1.29, 1.82) is 0 Å². The Morgan fingerprint density at radius 2 is 1.89 bits per heavy atom. The van der Waals surface area contributed by atoms with Crippen molar-refractivity contribution in [3.05, 3.63) is 34.3 Å². The van der Waals surface area contributed by atoms with Crippen LogP contribution in [0.25, 0.3) is 0 Å². The monoisotopic (exact) mass is 319 g/mol. The molecule has 0 bridgehead atoms. The first-order valence-electron chi connectivity index (χ1n) is 5.98. The molecule has 1 saturated carbocycles. The molecule has 0 amide bonds. The van der Waals surface area contributed by atoms with Crippen molar-refractivity contribution in [1.82, 2.24) is 5.32 Å². The summed E-state index contributed by atoms with van der Waals surface area (Å²) in [5, 5.41) is 11.3. The largest absolute Gasteiger partial charge is 0.390 e. The minimum Gasteiger partial charge on any atom is -0.390 e. The van der Waals surface area contributed by atoms with Crippen molar-refractivity contribution in [2.45, 2.75) is 30.7 Å². The molecule has 0 radical (unpaired) electrons. The van der Waals surface area contributed by atoms with Crippen molar-refractivity contribution in [2.75, 3.05) is 13.2 Å². The Kier molecular flexibility index (Phi) is 4.35.